The minimum absolute atomic E-state index is 0.277. The Morgan fingerprint density at radius 3 is 2.58 bits per heavy atom. The maximum atomic E-state index is 12.3. The predicted molar refractivity (Wildman–Crippen MR) is 104 cm³/mol. The molecule has 0 spiro atoms. The van der Waals surface area contributed by atoms with Gasteiger partial charge in [0.25, 0.3) is 5.91 Å². The highest BCUT2D eigenvalue weighted by Gasteiger charge is 2.18. The van der Waals surface area contributed by atoms with E-state index in [0.717, 1.165) is 16.8 Å². The molecular weight excluding hydrogens is 346 g/mol. The van der Waals surface area contributed by atoms with Crippen LogP contribution in [-0.4, -0.2) is 22.8 Å². The van der Waals surface area contributed by atoms with Gasteiger partial charge < -0.3 is 10.6 Å². The van der Waals surface area contributed by atoms with Crippen molar-refractivity contribution in [3.05, 3.63) is 71.1 Å². The average Bonchev–Trinajstić information content (AvgIpc) is 3.11. The van der Waals surface area contributed by atoms with Gasteiger partial charge in [0.15, 0.2) is 5.13 Å². The van der Waals surface area contributed by atoms with Crippen LogP contribution in [0.5, 0.6) is 0 Å². The fraction of sp³-hybridized carbons (Fsp3) is 0.150. The van der Waals surface area contributed by atoms with Crippen LogP contribution < -0.4 is 10.6 Å². The van der Waals surface area contributed by atoms with E-state index >= 15 is 0 Å². The molecule has 0 aliphatic heterocycles. The summed E-state index contributed by atoms with van der Waals surface area (Å²) in [5.74, 6) is -0.583. The first-order chi connectivity index (χ1) is 12.5. The number of rotatable bonds is 5. The van der Waals surface area contributed by atoms with E-state index in [1.807, 2.05) is 54.8 Å². The molecule has 0 fully saturated rings. The molecule has 5 nitrogen and oxygen atoms in total. The predicted octanol–water partition coefficient (Wildman–Crippen LogP) is 3.88. The van der Waals surface area contributed by atoms with Crippen molar-refractivity contribution in [1.29, 1.82) is 0 Å². The molecule has 2 aromatic carbocycles. The molecule has 6 heteroatoms. The number of carbonyl (C=O) groups is 2. The Hall–Kier alpha value is -2.99. The summed E-state index contributed by atoms with van der Waals surface area (Å²) < 4.78 is 0. The van der Waals surface area contributed by atoms with Crippen LogP contribution in [0.25, 0.3) is 11.3 Å². The van der Waals surface area contributed by atoms with Gasteiger partial charge in [-0.3, -0.25) is 9.59 Å². The van der Waals surface area contributed by atoms with Gasteiger partial charge in [0, 0.05) is 16.5 Å². The molecule has 26 heavy (non-hydrogen) atoms. The second-order valence-corrected chi connectivity index (χ2v) is 6.82. The number of amides is 2. The van der Waals surface area contributed by atoms with Crippen LogP contribution in [0, 0.1) is 6.92 Å². The molecule has 2 N–H and O–H groups in total. The first-order valence-electron chi connectivity index (χ1n) is 8.22. The van der Waals surface area contributed by atoms with E-state index in [1.54, 1.807) is 19.1 Å². The van der Waals surface area contributed by atoms with Crippen LogP contribution in [0.3, 0.4) is 0 Å². The first-order valence-corrected chi connectivity index (χ1v) is 9.10. The summed E-state index contributed by atoms with van der Waals surface area (Å²) in [6.07, 6.45) is 0. The van der Waals surface area contributed by atoms with E-state index in [2.05, 4.69) is 15.6 Å². The van der Waals surface area contributed by atoms with Crippen LogP contribution >= 0.6 is 11.3 Å². The number of thiazole rings is 1. The van der Waals surface area contributed by atoms with Gasteiger partial charge in [-0.2, -0.15) is 0 Å². The van der Waals surface area contributed by atoms with Gasteiger partial charge in [-0.15, -0.1) is 11.3 Å². The summed E-state index contributed by atoms with van der Waals surface area (Å²) in [5.41, 5.74) is 3.32. The van der Waals surface area contributed by atoms with Gasteiger partial charge in [-0.1, -0.05) is 48.0 Å². The van der Waals surface area contributed by atoms with Gasteiger partial charge in [-0.25, -0.2) is 4.98 Å². The fourth-order valence-corrected chi connectivity index (χ4v) is 3.14. The molecule has 0 bridgehead atoms. The van der Waals surface area contributed by atoms with Crippen molar-refractivity contribution in [2.75, 3.05) is 5.32 Å². The number of carbonyl (C=O) groups excluding carboxylic acids is 2. The third-order valence-electron chi connectivity index (χ3n) is 3.83. The lowest BCUT2D eigenvalue weighted by Crippen LogP contribution is -2.41. The Labute approximate surface area is 156 Å². The van der Waals surface area contributed by atoms with Gasteiger partial charge in [0.1, 0.15) is 6.04 Å². The Morgan fingerprint density at radius 1 is 1.08 bits per heavy atom. The molecule has 0 aliphatic carbocycles. The third kappa shape index (κ3) is 4.34. The normalized spacial score (nSPS) is 11.6. The number of nitrogens with one attached hydrogen (secondary N) is 2. The Bertz CT molecular complexity index is 922. The van der Waals surface area contributed by atoms with Crippen molar-refractivity contribution in [2.45, 2.75) is 19.9 Å². The van der Waals surface area contributed by atoms with Crippen molar-refractivity contribution < 1.29 is 9.59 Å². The summed E-state index contributed by atoms with van der Waals surface area (Å²) in [5, 5.41) is 7.86. The summed E-state index contributed by atoms with van der Waals surface area (Å²) >= 11 is 1.35. The monoisotopic (exact) mass is 365 g/mol. The Morgan fingerprint density at radius 2 is 1.85 bits per heavy atom. The van der Waals surface area contributed by atoms with E-state index < -0.39 is 6.04 Å². The summed E-state index contributed by atoms with van der Waals surface area (Å²) in [6, 6.07) is 16.3. The zero-order chi connectivity index (χ0) is 18.5. The quantitative estimate of drug-likeness (QED) is 0.721. The van der Waals surface area contributed by atoms with Crippen molar-refractivity contribution in [3.8, 4) is 11.3 Å². The molecular formula is C20H19N3O2S. The molecule has 1 heterocycles. The second-order valence-electron chi connectivity index (χ2n) is 5.96. The number of hydrogen-bond donors (Lipinski definition) is 2. The molecule has 1 aromatic heterocycles. The zero-order valence-electron chi connectivity index (χ0n) is 14.5. The number of aryl methyl sites for hydroxylation is 1. The van der Waals surface area contributed by atoms with Gasteiger partial charge in [0.05, 0.1) is 5.69 Å². The largest absolute Gasteiger partial charge is 0.341 e. The maximum Gasteiger partial charge on any atom is 0.251 e. The number of aromatic nitrogens is 1. The Kier molecular flexibility index (Phi) is 5.43. The summed E-state index contributed by atoms with van der Waals surface area (Å²) in [4.78, 5) is 29.0. The Balaban J connectivity index is 1.61. The maximum absolute atomic E-state index is 12.3. The van der Waals surface area contributed by atoms with Crippen LogP contribution in [0.2, 0.25) is 0 Å². The highest BCUT2D eigenvalue weighted by molar-refractivity contribution is 7.14. The average molecular weight is 365 g/mol. The molecule has 3 aromatic rings. The van der Waals surface area contributed by atoms with Crippen LogP contribution in [0.4, 0.5) is 5.13 Å². The minimum Gasteiger partial charge on any atom is -0.341 e. The number of benzene rings is 2. The molecule has 0 radical (unpaired) electrons. The van der Waals surface area contributed by atoms with Gasteiger partial charge in [-0.05, 0) is 26.0 Å². The third-order valence-corrected chi connectivity index (χ3v) is 4.58. The minimum atomic E-state index is -0.674. The second kappa shape index (κ2) is 7.93. The molecule has 0 saturated carbocycles. The van der Waals surface area contributed by atoms with Crippen LogP contribution in [-0.2, 0) is 4.79 Å². The van der Waals surface area contributed by atoms with Crippen molar-refractivity contribution in [2.24, 2.45) is 0 Å². The number of anilines is 1. The SMILES string of the molecule is Cc1cccc(C(=O)NC(C)C(=O)Nc2nc(-c3ccccc3)cs2)c1. The molecule has 3 rings (SSSR count). The van der Waals surface area contributed by atoms with E-state index in [1.165, 1.54) is 11.3 Å². The van der Waals surface area contributed by atoms with Gasteiger partial charge >= 0.3 is 0 Å². The first kappa shape index (κ1) is 17.8. The van der Waals surface area contributed by atoms with E-state index in [4.69, 9.17) is 0 Å². The van der Waals surface area contributed by atoms with E-state index in [9.17, 15) is 9.59 Å². The highest BCUT2D eigenvalue weighted by atomic mass is 32.1. The molecule has 132 valence electrons. The smallest absolute Gasteiger partial charge is 0.251 e. The lowest BCUT2D eigenvalue weighted by Gasteiger charge is -2.13. The molecule has 0 aliphatic rings. The summed E-state index contributed by atoms with van der Waals surface area (Å²) in [7, 11) is 0. The van der Waals surface area contributed by atoms with Crippen LogP contribution in [0.15, 0.2) is 60.0 Å². The lowest BCUT2D eigenvalue weighted by molar-refractivity contribution is -0.117. The zero-order valence-corrected chi connectivity index (χ0v) is 15.3. The fourth-order valence-electron chi connectivity index (χ4n) is 2.42. The van der Waals surface area contributed by atoms with Gasteiger partial charge in [0.2, 0.25) is 5.91 Å². The number of nitrogens with zero attached hydrogens (tertiary/aromatic N) is 1. The molecule has 0 saturated heterocycles. The van der Waals surface area contributed by atoms with Crippen LogP contribution in [0.1, 0.15) is 22.8 Å². The molecule has 1 unspecified atom stereocenters. The van der Waals surface area contributed by atoms with Crippen molar-refractivity contribution in [1.82, 2.24) is 10.3 Å². The lowest BCUT2D eigenvalue weighted by atomic mass is 10.1. The number of hydrogen-bond acceptors (Lipinski definition) is 4. The summed E-state index contributed by atoms with van der Waals surface area (Å²) in [6.45, 7) is 3.56. The highest BCUT2D eigenvalue weighted by Crippen LogP contribution is 2.24. The molecule has 2 amide bonds. The topological polar surface area (TPSA) is 71.1 Å². The van der Waals surface area contributed by atoms with Crippen molar-refractivity contribution in [3.63, 3.8) is 0 Å². The van der Waals surface area contributed by atoms with E-state index in [0.29, 0.717) is 10.7 Å². The van der Waals surface area contributed by atoms with Crippen molar-refractivity contribution >= 4 is 28.3 Å². The molecule has 1 atom stereocenters. The van der Waals surface area contributed by atoms with E-state index in [-0.39, 0.29) is 11.8 Å². The standard InChI is InChI=1S/C20H19N3O2S/c1-13-7-6-10-16(11-13)19(25)21-14(2)18(24)23-20-22-17(12-26-20)15-8-4-3-5-9-15/h3-12,14H,1-2H3,(H,21,25)(H,22,23,24).